The normalized spacial score (nSPS) is 14.4. The Hall–Kier alpha value is -1.57. The van der Waals surface area contributed by atoms with Crippen LogP contribution in [0.1, 0.15) is 12.8 Å². The number of hydrogen-bond donors (Lipinski definition) is 1. The van der Waals surface area contributed by atoms with Crippen molar-refractivity contribution in [1.82, 2.24) is 9.97 Å². The van der Waals surface area contributed by atoms with Gasteiger partial charge in [-0.15, -0.1) is 0 Å². The highest BCUT2D eigenvalue weighted by molar-refractivity contribution is 7.98. The number of nitrogens with one attached hydrogen (secondary N) is 1. The molecule has 0 atom stereocenters. The Bertz CT molecular complexity index is 476. The van der Waals surface area contributed by atoms with E-state index in [1.165, 1.54) is 11.8 Å². The summed E-state index contributed by atoms with van der Waals surface area (Å²) in [4.78, 5) is 20.8. The van der Waals surface area contributed by atoms with Gasteiger partial charge in [-0.25, -0.2) is 0 Å². The molecule has 18 heavy (non-hydrogen) atoms. The van der Waals surface area contributed by atoms with Crippen LogP contribution in [0.5, 0.6) is 0 Å². The van der Waals surface area contributed by atoms with Gasteiger partial charge in [0, 0.05) is 20.1 Å². The van der Waals surface area contributed by atoms with Crippen molar-refractivity contribution in [3.63, 3.8) is 0 Å². The summed E-state index contributed by atoms with van der Waals surface area (Å²) in [5, 5.41) is 14.8. The van der Waals surface area contributed by atoms with Gasteiger partial charge in [0.25, 0.3) is 0 Å². The molecule has 0 amide bonds. The van der Waals surface area contributed by atoms with Crippen LogP contribution in [0, 0.1) is 10.1 Å². The third-order valence-electron chi connectivity index (χ3n) is 2.55. The van der Waals surface area contributed by atoms with E-state index in [1.807, 2.05) is 6.26 Å². The first-order valence-corrected chi connectivity index (χ1v) is 6.79. The first-order valence-electron chi connectivity index (χ1n) is 5.57. The van der Waals surface area contributed by atoms with Crippen molar-refractivity contribution in [1.29, 1.82) is 0 Å². The number of rotatable bonds is 5. The summed E-state index contributed by atoms with van der Waals surface area (Å²) in [6.07, 6.45) is 3.92. The molecule has 0 bridgehead atoms. The van der Waals surface area contributed by atoms with E-state index in [0.29, 0.717) is 22.8 Å². The predicted molar refractivity (Wildman–Crippen MR) is 71.4 cm³/mol. The summed E-state index contributed by atoms with van der Waals surface area (Å²) in [7, 11) is 3.47. The molecule has 1 aliphatic rings. The largest absolute Gasteiger partial charge is 0.361 e. The highest BCUT2D eigenvalue weighted by atomic mass is 32.2. The smallest absolute Gasteiger partial charge is 0.353 e. The minimum absolute atomic E-state index is 0.0512. The Morgan fingerprint density at radius 3 is 2.56 bits per heavy atom. The summed E-state index contributed by atoms with van der Waals surface area (Å²) in [5.74, 6) is 0.660. The van der Waals surface area contributed by atoms with Crippen LogP contribution in [0.3, 0.4) is 0 Å². The molecule has 2 rings (SSSR count). The third kappa shape index (κ3) is 2.63. The second-order valence-corrected chi connectivity index (χ2v) is 5.07. The highest BCUT2D eigenvalue weighted by Gasteiger charge is 2.30. The Morgan fingerprint density at radius 1 is 1.44 bits per heavy atom. The number of nitro groups is 1. The zero-order valence-corrected chi connectivity index (χ0v) is 11.3. The van der Waals surface area contributed by atoms with Crippen LogP contribution < -0.4 is 10.2 Å². The Morgan fingerprint density at radius 2 is 2.11 bits per heavy atom. The zero-order chi connectivity index (χ0) is 13.3. The Balaban J connectivity index is 2.51. The maximum Gasteiger partial charge on any atom is 0.353 e. The van der Waals surface area contributed by atoms with Crippen molar-refractivity contribution < 1.29 is 4.92 Å². The van der Waals surface area contributed by atoms with E-state index in [1.54, 1.807) is 19.0 Å². The van der Waals surface area contributed by atoms with E-state index in [-0.39, 0.29) is 5.69 Å². The van der Waals surface area contributed by atoms with Crippen molar-refractivity contribution in [3.8, 4) is 0 Å². The van der Waals surface area contributed by atoms with Gasteiger partial charge in [-0.05, 0) is 19.1 Å². The van der Waals surface area contributed by atoms with Crippen LogP contribution in [0.4, 0.5) is 17.3 Å². The molecule has 0 spiro atoms. The molecule has 0 aliphatic heterocycles. The number of thioether (sulfide) groups is 1. The first-order chi connectivity index (χ1) is 8.52. The molecule has 0 unspecified atom stereocenters. The molecule has 1 aromatic heterocycles. The fourth-order valence-corrected chi connectivity index (χ4v) is 1.88. The lowest BCUT2D eigenvalue weighted by molar-refractivity contribution is -0.383. The Labute approximate surface area is 109 Å². The molecule has 1 aromatic rings. The molecule has 0 aromatic carbocycles. The van der Waals surface area contributed by atoms with Gasteiger partial charge >= 0.3 is 5.69 Å². The first kappa shape index (κ1) is 12.9. The van der Waals surface area contributed by atoms with E-state index in [0.717, 1.165) is 12.8 Å². The quantitative estimate of drug-likeness (QED) is 0.377. The summed E-state index contributed by atoms with van der Waals surface area (Å²) < 4.78 is 0. The fraction of sp³-hybridized carbons (Fsp3) is 0.600. The maximum absolute atomic E-state index is 11.2. The molecule has 1 fully saturated rings. The topological polar surface area (TPSA) is 84.2 Å². The fourth-order valence-electron chi connectivity index (χ4n) is 1.52. The number of anilines is 2. The van der Waals surface area contributed by atoms with Crippen molar-refractivity contribution in [2.45, 2.75) is 24.0 Å². The van der Waals surface area contributed by atoms with Gasteiger partial charge in [0.2, 0.25) is 11.6 Å². The monoisotopic (exact) mass is 269 g/mol. The zero-order valence-electron chi connectivity index (χ0n) is 10.5. The van der Waals surface area contributed by atoms with E-state index >= 15 is 0 Å². The minimum Gasteiger partial charge on any atom is -0.361 e. The van der Waals surface area contributed by atoms with Crippen LogP contribution >= 0.6 is 11.8 Å². The average Bonchev–Trinajstić information content (AvgIpc) is 3.11. The summed E-state index contributed by atoms with van der Waals surface area (Å²) in [6.45, 7) is 0. The molecular weight excluding hydrogens is 254 g/mol. The van der Waals surface area contributed by atoms with Crippen LogP contribution in [-0.2, 0) is 0 Å². The van der Waals surface area contributed by atoms with E-state index in [2.05, 4.69) is 15.3 Å². The average molecular weight is 269 g/mol. The van der Waals surface area contributed by atoms with Crippen molar-refractivity contribution in [3.05, 3.63) is 10.1 Å². The lowest BCUT2D eigenvalue weighted by Gasteiger charge is -2.14. The van der Waals surface area contributed by atoms with Crippen LogP contribution in [0.2, 0.25) is 0 Å². The Kier molecular flexibility index (Phi) is 3.55. The lowest BCUT2D eigenvalue weighted by atomic mass is 10.4. The molecule has 98 valence electrons. The second kappa shape index (κ2) is 4.97. The lowest BCUT2D eigenvalue weighted by Crippen LogP contribution is -2.17. The second-order valence-electron chi connectivity index (χ2n) is 4.30. The highest BCUT2D eigenvalue weighted by Crippen LogP contribution is 2.36. The van der Waals surface area contributed by atoms with E-state index < -0.39 is 4.92 Å². The SMILES string of the molecule is CSc1nc(NC2CC2)c([N+](=O)[O-])c(N(C)C)n1. The van der Waals surface area contributed by atoms with Gasteiger partial charge in [-0.1, -0.05) is 11.8 Å². The van der Waals surface area contributed by atoms with Gasteiger partial charge in [-0.3, -0.25) is 10.1 Å². The molecule has 1 heterocycles. The van der Waals surface area contributed by atoms with Crippen LogP contribution in [0.15, 0.2) is 5.16 Å². The van der Waals surface area contributed by atoms with Gasteiger partial charge in [0.05, 0.1) is 4.92 Å². The predicted octanol–water partition coefficient (Wildman–Crippen LogP) is 1.75. The summed E-state index contributed by atoms with van der Waals surface area (Å²) >= 11 is 1.37. The van der Waals surface area contributed by atoms with E-state index in [9.17, 15) is 10.1 Å². The van der Waals surface area contributed by atoms with E-state index in [4.69, 9.17) is 0 Å². The molecule has 1 saturated carbocycles. The number of nitrogens with zero attached hydrogens (tertiary/aromatic N) is 4. The van der Waals surface area contributed by atoms with Gasteiger partial charge < -0.3 is 10.2 Å². The summed E-state index contributed by atoms with van der Waals surface area (Å²) in [6, 6.07) is 0.309. The van der Waals surface area contributed by atoms with Crippen molar-refractivity contribution >= 4 is 29.1 Å². The van der Waals surface area contributed by atoms with Crippen LogP contribution in [0.25, 0.3) is 0 Å². The molecular formula is C10H15N5O2S. The molecule has 1 N–H and O–H groups in total. The minimum atomic E-state index is -0.426. The molecule has 8 heteroatoms. The molecule has 7 nitrogen and oxygen atoms in total. The standard InChI is InChI=1S/C10H15N5O2S/c1-14(2)9-7(15(16)17)8(11-6-4-5-6)12-10(13-9)18-3/h6H,4-5H2,1-3H3,(H,11,12,13). The van der Waals surface area contributed by atoms with Crippen molar-refractivity contribution in [2.24, 2.45) is 0 Å². The van der Waals surface area contributed by atoms with Gasteiger partial charge in [-0.2, -0.15) is 9.97 Å². The number of aromatic nitrogens is 2. The maximum atomic E-state index is 11.2. The van der Waals surface area contributed by atoms with Gasteiger partial charge in [0.1, 0.15) is 0 Å². The molecule has 1 aliphatic carbocycles. The van der Waals surface area contributed by atoms with Crippen LogP contribution in [-0.4, -0.2) is 41.3 Å². The van der Waals surface area contributed by atoms with Gasteiger partial charge in [0.15, 0.2) is 5.16 Å². The van der Waals surface area contributed by atoms with Crippen molar-refractivity contribution in [2.75, 3.05) is 30.6 Å². The number of hydrogen-bond acceptors (Lipinski definition) is 7. The summed E-state index contributed by atoms with van der Waals surface area (Å²) in [5.41, 5.74) is -0.0512. The molecule has 0 radical (unpaired) electrons. The molecule has 0 saturated heterocycles. The third-order valence-corrected chi connectivity index (χ3v) is 3.10.